The van der Waals surface area contributed by atoms with Gasteiger partial charge in [-0.25, -0.2) is 0 Å². The molecule has 1 saturated heterocycles. The Morgan fingerprint density at radius 2 is 2.00 bits per heavy atom. The van der Waals surface area contributed by atoms with Gasteiger partial charge >= 0.3 is 0 Å². The van der Waals surface area contributed by atoms with E-state index >= 15 is 0 Å². The van der Waals surface area contributed by atoms with Crippen LogP contribution in [0.15, 0.2) is 18.2 Å². The van der Waals surface area contributed by atoms with Crippen molar-refractivity contribution in [1.29, 1.82) is 0 Å². The van der Waals surface area contributed by atoms with Gasteiger partial charge in [0.2, 0.25) is 0 Å². The van der Waals surface area contributed by atoms with Crippen LogP contribution in [0.5, 0.6) is 5.75 Å². The molecule has 0 atom stereocenters. The third kappa shape index (κ3) is 3.45. The van der Waals surface area contributed by atoms with Crippen LogP contribution in [-0.2, 0) is 9.47 Å². The molecule has 2 rings (SSSR count). The Morgan fingerprint density at radius 1 is 1.24 bits per heavy atom. The van der Waals surface area contributed by atoms with Crippen LogP contribution in [0.1, 0.15) is 24.0 Å². The zero-order valence-electron chi connectivity index (χ0n) is 10.6. The molecule has 0 bridgehead atoms. The van der Waals surface area contributed by atoms with Gasteiger partial charge in [0.05, 0.1) is 19.8 Å². The molecular weight excluding hydrogens is 216 g/mol. The minimum absolute atomic E-state index is 0.0890. The van der Waals surface area contributed by atoms with Crippen molar-refractivity contribution in [3.05, 3.63) is 29.3 Å². The van der Waals surface area contributed by atoms with E-state index in [-0.39, 0.29) is 6.29 Å². The minimum atomic E-state index is -0.0890. The fourth-order valence-corrected chi connectivity index (χ4v) is 1.85. The molecule has 3 heteroatoms. The largest absolute Gasteiger partial charge is 0.493 e. The maximum absolute atomic E-state index is 5.76. The summed E-state index contributed by atoms with van der Waals surface area (Å²) in [4.78, 5) is 0. The van der Waals surface area contributed by atoms with Gasteiger partial charge in [0.25, 0.3) is 0 Å². The predicted octanol–water partition coefficient (Wildman–Crippen LogP) is 2.84. The van der Waals surface area contributed by atoms with Crippen LogP contribution >= 0.6 is 0 Å². The predicted molar refractivity (Wildman–Crippen MR) is 66.3 cm³/mol. The highest BCUT2D eigenvalue weighted by molar-refractivity contribution is 5.38. The fraction of sp³-hybridized carbons (Fsp3) is 0.571. The van der Waals surface area contributed by atoms with Crippen LogP contribution in [-0.4, -0.2) is 26.1 Å². The molecule has 0 amide bonds. The summed E-state index contributed by atoms with van der Waals surface area (Å²) in [6.45, 7) is 6.41. The molecule has 1 aromatic carbocycles. The summed E-state index contributed by atoms with van der Waals surface area (Å²) in [5.74, 6) is 0.959. The number of aryl methyl sites for hydroxylation is 1. The lowest BCUT2D eigenvalue weighted by atomic mass is 10.1. The van der Waals surface area contributed by atoms with Gasteiger partial charge in [-0.3, -0.25) is 0 Å². The average molecular weight is 236 g/mol. The van der Waals surface area contributed by atoms with Gasteiger partial charge in [-0.1, -0.05) is 12.1 Å². The number of rotatable bonds is 4. The normalized spacial score (nSPS) is 17.1. The molecule has 0 aromatic heterocycles. The molecule has 94 valence electrons. The van der Waals surface area contributed by atoms with Gasteiger partial charge in [0.15, 0.2) is 6.29 Å². The van der Waals surface area contributed by atoms with Crippen molar-refractivity contribution in [3.8, 4) is 5.75 Å². The third-order valence-electron chi connectivity index (χ3n) is 3.06. The standard InChI is InChI=1S/C14H20O3/c1-11-5-3-6-13(12(11)2)15-10-7-14-16-8-4-9-17-14/h3,5-6,14H,4,7-10H2,1-2H3. The Hall–Kier alpha value is -1.06. The second-order valence-corrected chi connectivity index (χ2v) is 4.36. The first-order valence-electron chi connectivity index (χ1n) is 6.19. The zero-order valence-corrected chi connectivity index (χ0v) is 10.6. The average Bonchev–Trinajstić information content (AvgIpc) is 2.36. The van der Waals surface area contributed by atoms with Gasteiger partial charge in [0, 0.05) is 6.42 Å². The molecule has 0 saturated carbocycles. The first-order valence-corrected chi connectivity index (χ1v) is 6.19. The SMILES string of the molecule is Cc1cccc(OCCC2OCCCO2)c1C. The molecule has 0 radical (unpaired) electrons. The first kappa shape index (κ1) is 12.4. The second-order valence-electron chi connectivity index (χ2n) is 4.36. The second kappa shape index (κ2) is 6.03. The smallest absolute Gasteiger partial charge is 0.160 e. The van der Waals surface area contributed by atoms with Crippen LogP contribution in [0.4, 0.5) is 0 Å². The van der Waals surface area contributed by atoms with Crippen molar-refractivity contribution in [3.63, 3.8) is 0 Å². The van der Waals surface area contributed by atoms with E-state index in [0.717, 1.165) is 31.8 Å². The maximum atomic E-state index is 5.76. The van der Waals surface area contributed by atoms with Crippen LogP contribution in [0.3, 0.4) is 0 Å². The number of hydrogen-bond donors (Lipinski definition) is 0. The lowest BCUT2D eigenvalue weighted by molar-refractivity contribution is -0.183. The third-order valence-corrected chi connectivity index (χ3v) is 3.06. The molecule has 0 aliphatic carbocycles. The van der Waals surface area contributed by atoms with Crippen molar-refractivity contribution in [2.24, 2.45) is 0 Å². The van der Waals surface area contributed by atoms with Crippen LogP contribution < -0.4 is 4.74 Å². The Labute approximate surface area is 103 Å². The molecule has 17 heavy (non-hydrogen) atoms. The van der Waals surface area contributed by atoms with E-state index in [1.165, 1.54) is 11.1 Å². The summed E-state index contributed by atoms with van der Waals surface area (Å²) in [7, 11) is 0. The van der Waals surface area contributed by atoms with Crippen molar-refractivity contribution < 1.29 is 14.2 Å². The Balaban J connectivity index is 1.79. The number of benzene rings is 1. The highest BCUT2D eigenvalue weighted by Crippen LogP contribution is 2.21. The molecular formula is C14H20O3. The van der Waals surface area contributed by atoms with Gasteiger partial charge in [0.1, 0.15) is 5.75 Å². The van der Waals surface area contributed by atoms with Gasteiger partial charge < -0.3 is 14.2 Å². The number of hydrogen-bond acceptors (Lipinski definition) is 3. The van der Waals surface area contributed by atoms with E-state index in [1.807, 2.05) is 12.1 Å². The molecule has 1 fully saturated rings. The number of ether oxygens (including phenoxy) is 3. The highest BCUT2D eigenvalue weighted by Gasteiger charge is 2.14. The molecule has 1 heterocycles. The molecule has 1 aromatic rings. The molecule has 1 aliphatic heterocycles. The van der Waals surface area contributed by atoms with Crippen LogP contribution in [0, 0.1) is 13.8 Å². The quantitative estimate of drug-likeness (QED) is 0.804. The summed E-state index contributed by atoms with van der Waals surface area (Å²) in [5, 5.41) is 0. The van der Waals surface area contributed by atoms with Crippen molar-refractivity contribution in [2.45, 2.75) is 33.0 Å². The summed E-state index contributed by atoms with van der Waals surface area (Å²) < 4.78 is 16.7. The highest BCUT2D eigenvalue weighted by atomic mass is 16.7. The summed E-state index contributed by atoms with van der Waals surface area (Å²) >= 11 is 0. The van der Waals surface area contributed by atoms with Crippen LogP contribution in [0.2, 0.25) is 0 Å². The molecule has 3 nitrogen and oxygen atoms in total. The molecule has 0 spiro atoms. The van der Waals surface area contributed by atoms with Gasteiger partial charge in [-0.05, 0) is 37.5 Å². The summed E-state index contributed by atoms with van der Waals surface area (Å²) in [6, 6.07) is 6.12. The lowest BCUT2D eigenvalue weighted by Crippen LogP contribution is -2.26. The van der Waals surface area contributed by atoms with Crippen molar-refractivity contribution in [2.75, 3.05) is 19.8 Å². The van der Waals surface area contributed by atoms with Gasteiger partial charge in [-0.2, -0.15) is 0 Å². The van der Waals surface area contributed by atoms with Gasteiger partial charge in [-0.15, -0.1) is 0 Å². The van der Waals surface area contributed by atoms with Crippen molar-refractivity contribution in [1.82, 2.24) is 0 Å². The summed E-state index contributed by atoms with van der Waals surface area (Å²) in [5.41, 5.74) is 2.46. The molecule has 0 unspecified atom stereocenters. The van der Waals surface area contributed by atoms with Crippen LogP contribution in [0.25, 0.3) is 0 Å². The van der Waals surface area contributed by atoms with E-state index < -0.39 is 0 Å². The summed E-state index contributed by atoms with van der Waals surface area (Å²) in [6.07, 6.45) is 1.69. The Kier molecular flexibility index (Phi) is 4.40. The van der Waals surface area contributed by atoms with E-state index in [0.29, 0.717) is 6.61 Å². The van der Waals surface area contributed by atoms with Crippen molar-refractivity contribution >= 4 is 0 Å². The first-order chi connectivity index (χ1) is 8.27. The molecule has 1 aliphatic rings. The maximum Gasteiger partial charge on any atom is 0.160 e. The van der Waals surface area contributed by atoms with E-state index in [9.17, 15) is 0 Å². The van der Waals surface area contributed by atoms with E-state index in [4.69, 9.17) is 14.2 Å². The Morgan fingerprint density at radius 3 is 2.76 bits per heavy atom. The lowest BCUT2D eigenvalue weighted by Gasteiger charge is -2.23. The molecule has 0 N–H and O–H groups in total. The minimum Gasteiger partial charge on any atom is -0.493 e. The van der Waals surface area contributed by atoms with E-state index in [1.54, 1.807) is 0 Å². The zero-order chi connectivity index (χ0) is 12.1. The van der Waals surface area contributed by atoms with E-state index in [2.05, 4.69) is 19.9 Å². The Bertz CT molecular complexity index is 356. The topological polar surface area (TPSA) is 27.7 Å². The fourth-order valence-electron chi connectivity index (χ4n) is 1.85. The monoisotopic (exact) mass is 236 g/mol.